The fraction of sp³-hybridized carbons (Fsp3) is 0.562. The fourth-order valence-corrected chi connectivity index (χ4v) is 2.70. The normalized spacial score (nSPS) is 30.8. The number of alkyl halides is 1. The Morgan fingerprint density at radius 2 is 2.14 bits per heavy atom. The second-order valence-corrected chi connectivity index (χ2v) is 7.01. The van der Waals surface area contributed by atoms with Gasteiger partial charge in [0.05, 0.1) is 0 Å². The minimum absolute atomic E-state index is 0.310. The van der Waals surface area contributed by atoms with E-state index in [9.17, 15) is 24.6 Å². The largest absolute Gasteiger partial charge is 0.458 e. The molecular weight excluding hydrogens is 401 g/mol. The highest BCUT2D eigenvalue weighted by molar-refractivity contribution is 6.30. The Balaban J connectivity index is 2.40. The number of halogens is 2. The number of rotatable bonds is 5. The number of hydrogen-bond donors (Lipinski definition) is 4. The molecule has 12 heteroatoms. The minimum atomic E-state index is -3.18. The van der Waals surface area contributed by atoms with E-state index in [-0.39, 0.29) is 5.92 Å². The van der Waals surface area contributed by atoms with Crippen molar-refractivity contribution in [3.05, 3.63) is 32.1 Å². The molecule has 5 atom stereocenters. The quantitative estimate of drug-likeness (QED) is 0.329. The van der Waals surface area contributed by atoms with E-state index in [1.54, 1.807) is 13.8 Å². The van der Waals surface area contributed by atoms with Crippen LogP contribution in [-0.4, -0.2) is 56.4 Å². The van der Waals surface area contributed by atoms with Crippen molar-refractivity contribution in [1.82, 2.24) is 9.55 Å². The van der Waals surface area contributed by atoms with Crippen LogP contribution in [-0.2, 0) is 20.0 Å². The van der Waals surface area contributed by atoms with Gasteiger partial charge in [-0.05, 0) is 11.8 Å². The molecule has 1 saturated heterocycles. The summed E-state index contributed by atoms with van der Waals surface area (Å²) in [5.41, 5.74) is 0.886. The lowest BCUT2D eigenvalue weighted by atomic mass is 10.0. The van der Waals surface area contributed by atoms with Gasteiger partial charge < -0.3 is 20.7 Å². The molecule has 10 nitrogen and oxygen atoms in total. The Morgan fingerprint density at radius 3 is 2.68 bits per heavy atom. The van der Waals surface area contributed by atoms with E-state index in [0.717, 1.165) is 6.20 Å². The smallest absolute Gasteiger partial charge is 0.331 e. The second kappa shape index (κ2) is 7.65. The number of aromatic amines is 1. The van der Waals surface area contributed by atoms with Crippen LogP contribution >= 0.6 is 11.6 Å². The van der Waals surface area contributed by atoms with Gasteiger partial charge in [0.25, 0.3) is 11.4 Å². The third kappa shape index (κ3) is 3.57. The van der Waals surface area contributed by atoms with Crippen LogP contribution in [0.2, 0.25) is 5.02 Å². The third-order valence-corrected chi connectivity index (χ3v) is 4.60. The van der Waals surface area contributed by atoms with E-state index in [2.05, 4.69) is 0 Å². The summed E-state index contributed by atoms with van der Waals surface area (Å²) in [6.45, 7) is 2.11. The zero-order valence-electron chi connectivity index (χ0n) is 14.9. The molecule has 5 N–H and O–H groups in total. The van der Waals surface area contributed by atoms with Gasteiger partial charge in [-0.3, -0.25) is 23.9 Å². The molecule has 2 heterocycles. The number of aliphatic hydroxyl groups excluding tert-OH is 2. The summed E-state index contributed by atoms with van der Waals surface area (Å²) in [7, 11) is 0. The lowest BCUT2D eigenvalue weighted by Gasteiger charge is -2.29. The molecule has 28 heavy (non-hydrogen) atoms. The van der Waals surface area contributed by atoms with Crippen LogP contribution in [0.4, 0.5) is 4.39 Å². The van der Waals surface area contributed by atoms with Gasteiger partial charge >= 0.3 is 11.7 Å². The average molecular weight is 420 g/mol. The van der Waals surface area contributed by atoms with Gasteiger partial charge in [0.15, 0.2) is 6.61 Å². The number of aromatic nitrogens is 2. The molecule has 0 radical (unpaired) electrons. The zero-order chi connectivity index (χ0) is 21.4. The number of H-pyrrole nitrogens is 1. The average Bonchev–Trinajstić information content (AvgIpc) is 2.84. The molecule has 0 unspecified atom stereocenters. The second-order valence-electron chi connectivity index (χ2n) is 6.60. The van der Waals surface area contributed by atoms with Gasteiger partial charge in [0.2, 0.25) is 5.72 Å². The lowest BCUT2D eigenvalue weighted by molar-refractivity contribution is -0.234. The fourth-order valence-electron chi connectivity index (χ4n) is 2.55. The summed E-state index contributed by atoms with van der Waals surface area (Å²) in [6, 6.07) is -1.06. The van der Waals surface area contributed by atoms with Crippen molar-refractivity contribution in [3.63, 3.8) is 0 Å². The molecule has 2 rings (SSSR count). The van der Waals surface area contributed by atoms with E-state index in [4.69, 9.17) is 33.2 Å². The predicted octanol–water partition coefficient (Wildman–Crippen LogP) is -1.58. The zero-order valence-corrected chi connectivity index (χ0v) is 15.6. The number of hydrogen-bond acceptors (Lipinski definition) is 8. The number of carbonyl (C=O) groups is 1. The van der Waals surface area contributed by atoms with E-state index < -0.39 is 58.7 Å². The molecule has 0 saturated carbocycles. The number of nitrogens with two attached hydrogens (primary N) is 1. The Hall–Kier alpha value is -2.23. The van der Waals surface area contributed by atoms with E-state index in [1.165, 1.54) is 0 Å². The first-order valence-corrected chi connectivity index (χ1v) is 8.44. The molecule has 1 fully saturated rings. The molecule has 0 aliphatic carbocycles. The van der Waals surface area contributed by atoms with Crippen molar-refractivity contribution in [2.45, 2.75) is 43.7 Å². The van der Waals surface area contributed by atoms with Gasteiger partial charge in [0.1, 0.15) is 23.3 Å². The number of aliphatic hydroxyl groups is 2. The first-order valence-electron chi connectivity index (χ1n) is 8.06. The summed E-state index contributed by atoms with van der Waals surface area (Å²) in [5, 5.41) is 19.9. The Labute approximate surface area is 163 Å². The topological polar surface area (TPSA) is 157 Å². The SMILES string of the molecule is C#C[C@@]1(n2cc(Cl)c(=O)[nH]c2=O)O[C@](F)(COC(=O)[C@@H](N)C(C)C)[C@@H](O)[C@H]1O. The van der Waals surface area contributed by atoms with Crippen molar-refractivity contribution in [2.75, 3.05) is 6.61 Å². The number of nitrogens with zero attached hydrogens (tertiary/aromatic N) is 1. The minimum Gasteiger partial charge on any atom is -0.458 e. The number of nitrogens with one attached hydrogen (secondary N) is 1. The molecule has 1 aromatic rings. The maximum Gasteiger partial charge on any atom is 0.331 e. The van der Waals surface area contributed by atoms with Crippen molar-refractivity contribution in [1.29, 1.82) is 0 Å². The highest BCUT2D eigenvalue weighted by Gasteiger charge is 2.65. The first kappa shape index (κ1) is 22.1. The summed E-state index contributed by atoms with van der Waals surface area (Å²) in [5.74, 6) is -2.57. The lowest BCUT2D eigenvalue weighted by Crippen LogP contribution is -2.50. The van der Waals surface area contributed by atoms with Crippen LogP contribution in [0.5, 0.6) is 0 Å². The molecule has 154 valence electrons. The standard InChI is InChI=1S/C16H19ClFN3O7/c1-4-16(21-5-8(17)12(24)20-14(21)26)11(23)10(22)15(18,28-16)6-27-13(25)9(19)7(2)3/h1,5,7,9-11,22-23H,6,19H2,2-3H3,(H,20,24,26)/t9-,10-,11+,15+,16+/m0/s1. The third-order valence-electron chi connectivity index (χ3n) is 4.33. The Morgan fingerprint density at radius 1 is 1.54 bits per heavy atom. The van der Waals surface area contributed by atoms with Crippen molar-refractivity contribution in [3.8, 4) is 12.3 Å². The van der Waals surface area contributed by atoms with Crippen LogP contribution < -0.4 is 17.0 Å². The van der Waals surface area contributed by atoms with Crippen LogP contribution in [0.3, 0.4) is 0 Å². The van der Waals surface area contributed by atoms with Crippen molar-refractivity contribution >= 4 is 17.6 Å². The molecule has 1 aromatic heterocycles. The summed E-state index contributed by atoms with van der Waals surface area (Å²) in [4.78, 5) is 37.2. The van der Waals surface area contributed by atoms with E-state index in [1.807, 2.05) is 10.9 Å². The number of carbonyl (C=O) groups excluding carboxylic acids is 1. The maximum absolute atomic E-state index is 15.2. The first-order chi connectivity index (χ1) is 12.9. The number of ether oxygens (including phenoxy) is 2. The number of esters is 1. The predicted molar refractivity (Wildman–Crippen MR) is 93.8 cm³/mol. The molecule has 0 bridgehead atoms. The summed E-state index contributed by atoms with van der Waals surface area (Å²) >= 11 is 5.66. The van der Waals surface area contributed by atoms with Crippen LogP contribution in [0, 0.1) is 18.3 Å². The van der Waals surface area contributed by atoms with Gasteiger partial charge in [-0.25, -0.2) is 9.18 Å². The molecule has 0 spiro atoms. The summed E-state index contributed by atoms with van der Waals surface area (Å²) < 4.78 is 25.4. The summed E-state index contributed by atoms with van der Waals surface area (Å²) in [6.07, 6.45) is 1.57. The maximum atomic E-state index is 15.2. The van der Waals surface area contributed by atoms with Gasteiger partial charge in [-0.15, -0.1) is 6.42 Å². The monoisotopic (exact) mass is 419 g/mol. The molecular formula is C16H19ClFN3O7. The van der Waals surface area contributed by atoms with Gasteiger partial charge in [0, 0.05) is 6.20 Å². The van der Waals surface area contributed by atoms with Crippen LogP contribution in [0.15, 0.2) is 15.8 Å². The Kier molecular flexibility index (Phi) is 6.03. The highest BCUT2D eigenvalue weighted by Crippen LogP contribution is 2.42. The van der Waals surface area contributed by atoms with E-state index in [0.29, 0.717) is 4.57 Å². The number of terminal acetylenes is 1. The molecule has 1 aliphatic heterocycles. The molecule has 0 aromatic carbocycles. The highest BCUT2D eigenvalue weighted by atomic mass is 35.5. The van der Waals surface area contributed by atoms with Crippen LogP contribution in [0.1, 0.15) is 13.8 Å². The van der Waals surface area contributed by atoms with Crippen LogP contribution in [0.25, 0.3) is 0 Å². The van der Waals surface area contributed by atoms with Gasteiger partial charge in [-0.1, -0.05) is 25.4 Å². The van der Waals surface area contributed by atoms with Crippen molar-refractivity contribution in [2.24, 2.45) is 11.7 Å². The molecule has 1 aliphatic rings. The Bertz CT molecular complexity index is 926. The molecule has 0 amide bonds. The van der Waals surface area contributed by atoms with Gasteiger partial charge in [-0.2, -0.15) is 0 Å². The van der Waals surface area contributed by atoms with Crippen molar-refractivity contribution < 1.29 is 28.9 Å². The van der Waals surface area contributed by atoms with E-state index >= 15 is 4.39 Å².